The number of nitro benzene ring substituents is 1. The van der Waals surface area contributed by atoms with Crippen LogP contribution in [0.25, 0.3) is 6.08 Å². The molecule has 0 atom stereocenters. The lowest BCUT2D eigenvalue weighted by Crippen LogP contribution is -2.27. The number of hydrogen-bond acceptors (Lipinski definition) is 8. The zero-order chi connectivity index (χ0) is 22.5. The minimum Gasteiger partial charge on any atom is -0.481 e. The van der Waals surface area contributed by atoms with Gasteiger partial charge in [-0.2, -0.15) is 0 Å². The van der Waals surface area contributed by atoms with Crippen LogP contribution in [0.3, 0.4) is 0 Å². The summed E-state index contributed by atoms with van der Waals surface area (Å²) in [5.41, 5.74) is 0.822. The maximum atomic E-state index is 12.8. The minimum atomic E-state index is -0.564. The predicted octanol–water partition coefficient (Wildman–Crippen LogP) is 4.15. The molecule has 2 aromatic carbocycles. The van der Waals surface area contributed by atoms with Crippen LogP contribution in [0.2, 0.25) is 0 Å². The highest BCUT2D eigenvalue weighted by Crippen LogP contribution is 2.36. The van der Waals surface area contributed by atoms with Gasteiger partial charge in [0, 0.05) is 22.2 Å². The maximum Gasteiger partial charge on any atom is 0.343 e. The third-order valence-electron chi connectivity index (χ3n) is 4.17. The Balaban J connectivity index is 1.83. The summed E-state index contributed by atoms with van der Waals surface area (Å²) >= 11 is 4.09. The molecule has 0 bridgehead atoms. The summed E-state index contributed by atoms with van der Waals surface area (Å²) in [6, 6.07) is 10.8. The van der Waals surface area contributed by atoms with Crippen molar-refractivity contribution >= 4 is 56.6 Å². The van der Waals surface area contributed by atoms with Crippen LogP contribution in [-0.4, -0.2) is 40.7 Å². The molecule has 160 valence electrons. The lowest BCUT2D eigenvalue weighted by Gasteiger charge is -2.12. The second kappa shape index (κ2) is 9.75. The minimum absolute atomic E-state index is 0.0894. The Kier molecular flexibility index (Phi) is 7.08. The SMILES string of the molecule is COC(=O)COc1ccc(Br)cc1/C=C1/SC(=O)N(Cc2cccc([N+](=O)[O-])c2)C1=O. The molecule has 0 spiro atoms. The second-order valence-electron chi connectivity index (χ2n) is 6.24. The molecule has 11 heteroatoms. The summed E-state index contributed by atoms with van der Waals surface area (Å²) in [7, 11) is 1.24. The first-order valence-corrected chi connectivity index (χ1v) is 10.4. The van der Waals surface area contributed by atoms with Gasteiger partial charge in [0.1, 0.15) is 5.75 Å². The molecular weight excluding hydrogens is 492 g/mol. The molecule has 31 heavy (non-hydrogen) atoms. The molecule has 1 fully saturated rings. The van der Waals surface area contributed by atoms with Crippen LogP contribution < -0.4 is 4.74 Å². The van der Waals surface area contributed by atoms with Gasteiger partial charge in [-0.25, -0.2) is 4.79 Å². The highest BCUT2D eigenvalue weighted by atomic mass is 79.9. The van der Waals surface area contributed by atoms with Crippen molar-refractivity contribution < 1.29 is 28.8 Å². The van der Waals surface area contributed by atoms with Gasteiger partial charge < -0.3 is 9.47 Å². The van der Waals surface area contributed by atoms with Crippen LogP contribution in [0.1, 0.15) is 11.1 Å². The zero-order valence-electron chi connectivity index (χ0n) is 16.1. The van der Waals surface area contributed by atoms with Crippen LogP contribution in [-0.2, 0) is 20.9 Å². The van der Waals surface area contributed by atoms with E-state index < -0.39 is 22.0 Å². The molecular formula is C20H15BrN2O7S. The van der Waals surface area contributed by atoms with E-state index in [1.165, 1.54) is 31.4 Å². The maximum absolute atomic E-state index is 12.8. The van der Waals surface area contributed by atoms with Gasteiger partial charge in [-0.3, -0.25) is 24.6 Å². The molecule has 0 aliphatic carbocycles. The number of rotatable bonds is 7. The van der Waals surface area contributed by atoms with E-state index in [4.69, 9.17) is 4.74 Å². The number of ether oxygens (including phenoxy) is 2. The van der Waals surface area contributed by atoms with E-state index in [0.29, 0.717) is 21.3 Å². The molecule has 0 unspecified atom stereocenters. The van der Waals surface area contributed by atoms with Crippen molar-refractivity contribution in [2.24, 2.45) is 0 Å². The van der Waals surface area contributed by atoms with Crippen LogP contribution in [0.4, 0.5) is 10.5 Å². The third kappa shape index (κ3) is 5.50. The molecule has 1 heterocycles. The average Bonchev–Trinajstić information content (AvgIpc) is 3.00. The van der Waals surface area contributed by atoms with Gasteiger partial charge in [-0.1, -0.05) is 28.1 Å². The predicted molar refractivity (Wildman–Crippen MR) is 116 cm³/mol. The van der Waals surface area contributed by atoms with Gasteiger partial charge in [0.15, 0.2) is 6.61 Å². The molecule has 9 nitrogen and oxygen atoms in total. The highest BCUT2D eigenvalue weighted by molar-refractivity contribution is 9.10. The van der Waals surface area contributed by atoms with E-state index in [-0.39, 0.29) is 23.7 Å². The van der Waals surface area contributed by atoms with Crippen LogP contribution in [0.15, 0.2) is 51.8 Å². The van der Waals surface area contributed by atoms with Crippen molar-refractivity contribution in [1.29, 1.82) is 0 Å². The molecule has 0 N–H and O–H groups in total. The molecule has 1 aliphatic rings. The van der Waals surface area contributed by atoms with Gasteiger partial charge in [0.25, 0.3) is 16.8 Å². The summed E-state index contributed by atoms with van der Waals surface area (Å²) in [4.78, 5) is 48.2. The topological polar surface area (TPSA) is 116 Å². The number of imide groups is 1. The number of amides is 2. The number of halogens is 1. The van der Waals surface area contributed by atoms with E-state index in [1.807, 2.05) is 0 Å². The Hall–Kier alpha value is -3.18. The number of esters is 1. The van der Waals surface area contributed by atoms with Crippen LogP contribution in [0, 0.1) is 10.1 Å². The Bertz CT molecular complexity index is 1100. The first-order valence-electron chi connectivity index (χ1n) is 8.76. The molecule has 1 aliphatic heterocycles. The Labute approximate surface area is 189 Å². The lowest BCUT2D eigenvalue weighted by atomic mass is 10.1. The molecule has 3 rings (SSSR count). The average molecular weight is 507 g/mol. The first kappa shape index (κ1) is 22.5. The largest absolute Gasteiger partial charge is 0.481 e. The molecule has 0 radical (unpaired) electrons. The monoisotopic (exact) mass is 506 g/mol. The number of methoxy groups -OCH3 is 1. The zero-order valence-corrected chi connectivity index (χ0v) is 18.5. The van der Waals surface area contributed by atoms with Gasteiger partial charge in [0.05, 0.1) is 23.5 Å². The van der Waals surface area contributed by atoms with Crippen LogP contribution in [0.5, 0.6) is 5.75 Å². The standard InChI is InChI=1S/C20H15BrN2O7S/c1-29-18(24)11-30-16-6-5-14(21)8-13(16)9-17-19(25)22(20(26)31-17)10-12-3-2-4-15(7-12)23(27)28/h2-9H,10-11H2,1H3/b17-9+. The Morgan fingerprint density at radius 1 is 1.26 bits per heavy atom. The molecule has 2 aromatic rings. The van der Waals surface area contributed by atoms with E-state index in [9.17, 15) is 24.5 Å². The van der Waals surface area contributed by atoms with Crippen molar-refractivity contribution in [2.75, 3.05) is 13.7 Å². The van der Waals surface area contributed by atoms with E-state index >= 15 is 0 Å². The normalized spacial score (nSPS) is 14.8. The fourth-order valence-electron chi connectivity index (χ4n) is 2.69. The number of nitrogens with zero attached hydrogens (tertiary/aromatic N) is 2. The molecule has 1 saturated heterocycles. The van der Waals surface area contributed by atoms with Crippen LogP contribution >= 0.6 is 27.7 Å². The smallest absolute Gasteiger partial charge is 0.343 e. The number of carbonyl (C=O) groups is 3. The highest BCUT2D eigenvalue weighted by Gasteiger charge is 2.35. The van der Waals surface area contributed by atoms with Gasteiger partial charge in [-0.15, -0.1) is 0 Å². The van der Waals surface area contributed by atoms with Crippen molar-refractivity contribution in [2.45, 2.75) is 6.54 Å². The number of thioether (sulfide) groups is 1. The van der Waals surface area contributed by atoms with E-state index in [1.54, 1.807) is 24.3 Å². The first-order chi connectivity index (χ1) is 14.8. The quantitative estimate of drug-likeness (QED) is 0.238. The number of carbonyl (C=O) groups excluding carboxylic acids is 3. The number of non-ortho nitro benzene ring substituents is 1. The van der Waals surface area contributed by atoms with Gasteiger partial charge in [-0.05, 0) is 41.6 Å². The van der Waals surface area contributed by atoms with Crippen molar-refractivity contribution in [1.82, 2.24) is 4.90 Å². The Morgan fingerprint density at radius 2 is 2.03 bits per heavy atom. The number of benzene rings is 2. The van der Waals surface area contributed by atoms with Gasteiger partial charge >= 0.3 is 5.97 Å². The molecule has 0 saturated carbocycles. The summed E-state index contributed by atoms with van der Waals surface area (Å²) in [6.45, 7) is -0.402. The summed E-state index contributed by atoms with van der Waals surface area (Å²) < 4.78 is 10.7. The van der Waals surface area contributed by atoms with E-state index in [0.717, 1.165) is 16.7 Å². The van der Waals surface area contributed by atoms with Crippen molar-refractivity contribution in [3.63, 3.8) is 0 Å². The molecule has 0 aromatic heterocycles. The van der Waals surface area contributed by atoms with Gasteiger partial charge in [0.2, 0.25) is 0 Å². The summed E-state index contributed by atoms with van der Waals surface area (Å²) in [6.07, 6.45) is 1.50. The second-order valence-corrected chi connectivity index (χ2v) is 8.15. The fraction of sp³-hybridized carbons (Fsp3) is 0.150. The third-order valence-corrected chi connectivity index (χ3v) is 5.57. The van der Waals surface area contributed by atoms with E-state index in [2.05, 4.69) is 20.7 Å². The summed E-state index contributed by atoms with van der Waals surface area (Å²) in [5, 5.41) is 10.5. The summed E-state index contributed by atoms with van der Waals surface area (Å²) in [5.74, 6) is -0.759. The van der Waals surface area contributed by atoms with Crippen molar-refractivity contribution in [3.05, 3.63) is 73.1 Å². The molecule has 2 amide bonds. The lowest BCUT2D eigenvalue weighted by molar-refractivity contribution is -0.384. The fourth-order valence-corrected chi connectivity index (χ4v) is 3.90. The Morgan fingerprint density at radius 3 is 2.74 bits per heavy atom. The number of nitro groups is 1. The van der Waals surface area contributed by atoms with Crippen molar-refractivity contribution in [3.8, 4) is 5.75 Å². The number of hydrogen-bond donors (Lipinski definition) is 0.